The van der Waals surface area contributed by atoms with Crippen LogP contribution in [-0.4, -0.2) is 37.3 Å². The van der Waals surface area contributed by atoms with Gasteiger partial charge in [0.1, 0.15) is 0 Å². The predicted octanol–water partition coefficient (Wildman–Crippen LogP) is 5.10. The van der Waals surface area contributed by atoms with Crippen LogP contribution in [0, 0.1) is 12.8 Å². The van der Waals surface area contributed by atoms with E-state index in [0.717, 1.165) is 16.8 Å². The Morgan fingerprint density at radius 3 is 2.58 bits per heavy atom. The summed E-state index contributed by atoms with van der Waals surface area (Å²) in [6, 6.07) is 17.0. The predicted molar refractivity (Wildman–Crippen MR) is 144 cm³/mol. The minimum Gasteiger partial charge on any atom is -0.342 e. The minimum atomic E-state index is -0.328. The summed E-state index contributed by atoms with van der Waals surface area (Å²) in [6.07, 6.45) is 0. The molecule has 0 saturated carbocycles. The van der Waals surface area contributed by atoms with E-state index in [4.69, 9.17) is 0 Å². The van der Waals surface area contributed by atoms with Gasteiger partial charge in [0.2, 0.25) is 5.91 Å². The summed E-state index contributed by atoms with van der Waals surface area (Å²) in [6.45, 7) is 6.00. The highest BCUT2D eigenvalue weighted by atomic mass is 32.2. The molecule has 0 fully saturated rings. The van der Waals surface area contributed by atoms with Crippen molar-refractivity contribution in [3.05, 3.63) is 76.9 Å². The lowest BCUT2D eigenvalue weighted by atomic mass is 10.0. The lowest BCUT2D eigenvalue weighted by Crippen LogP contribution is -2.33. The van der Waals surface area contributed by atoms with Crippen LogP contribution < -0.4 is 10.6 Å². The summed E-state index contributed by atoms with van der Waals surface area (Å²) in [5.74, 6) is 0.556. The third kappa shape index (κ3) is 6.19. The second-order valence-corrected chi connectivity index (χ2v) is 10.5. The van der Waals surface area contributed by atoms with Crippen molar-refractivity contribution >= 4 is 40.0 Å². The fourth-order valence-electron chi connectivity index (χ4n) is 3.62. The second kappa shape index (κ2) is 11.5. The number of carbonyl (C=O) groups excluding carboxylic acids is 2. The number of nitrogens with zero attached hydrogens (tertiary/aromatic N) is 4. The molecule has 0 aliphatic carbocycles. The normalized spacial score (nSPS) is 11.9. The highest BCUT2D eigenvalue weighted by molar-refractivity contribution is 7.99. The summed E-state index contributed by atoms with van der Waals surface area (Å²) >= 11 is 2.67. The maximum Gasteiger partial charge on any atom is 0.251 e. The standard InChI is InChI=1S/C26H28N6O2S2/c1-16(2)22(29-24(34)19-12-8-9-17(3)13-19)23-30-31-26(32(23)4)36-15-21(33)28-25-27-20(14-35-25)18-10-6-5-7-11-18/h5-14,16,22H,15H2,1-4H3,(H,29,34)(H,27,28,33)/t22-/m1/s1. The van der Waals surface area contributed by atoms with Gasteiger partial charge in [-0.15, -0.1) is 21.5 Å². The summed E-state index contributed by atoms with van der Waals surface area (Å²) < 4.78 is 1.83. The molecule has 0 bridgehead atoms. The smallest absolute Gasteiger partial charge is 0.251 e. The molecule has 1 atom stereocenters. The largest absolute Gasteiger partial charge is 0.342 e. The van der Waals surface area contributed by atoms with Gasteiger partial charge in [-0.2, -0.15) is 0 Å². The van der Waals surface area contributed by atoms with Crippen LogP contribution >= 0.6 is 23.1 Å². The zero-order chi connectivity index (χ0) is 25.7. The molecule has 4 rings (SSSR count). The Kier molecular flexibility index (Phi) is 8.17. The van der Waals surface area contributed by atoms with Crippen molar-refractivity contribution in [2.45, 2.75) is 32.0 Å². The van der Waals surface area contributed by atoms with E-state index in [9.17, 15) is 9.59 Å². The van der Waals surface area contributed by atoms with E-state index in [1.54, 1.807) is 6.07 Å². The van der Waals surface area contributed by atoms with Gasteiger partial charge in [0.25, 0.3) is 5.91 Å². The fraction of sp³-hybridized carbons (Fsp3) is 0.269. The van der Waals surface area contributed by atoms with Crippen LogP contribution in [0.1, 0.15) is 41.6 Å². The molecule has 36 heavy (non-hydrogen) atoms. The minimum absolute atomic E-state index is 0.0894. The quantitative estimate of drug-likeness (QED) is 0.298. The maximum atomic E-state index is 12.9. The van der Waals surface area contributed by atoms with Crippen molar-refractivity contribution in [2.75, 3.05) is 11.1 Å². The lowest BCUT2D eigenvalue weighted by molar-refractivity contribution is -0.113. The number of rotatable bonds is 9. The maximum absolute atomic E-state index is 12.9. The van der Waals surface area contributed by atoms with E-state index in [1.807, 2.05) is 86.3 Å². The Hall–Kier alpha value is -3.50. The third-order valence-corrected chi connectivity index (χ3v) is 7.31. The molecule has 0 radical (unpaired) electrons. The molecule has 8 nitrogen and oxygen atoms in total. The average Bonchev–Trinajstić information content (AvgIpc) is 3.48. The van der Waals surface area contributed by atoms with Crippen molar-refractivity contribution < 1.29 is 9.59 Å². The topological polar surface area (TPSA) is 102 Å². The second-order valence-electron chi connectivity index (χ2n) is 8.71. The number of benzene rings is 2. The zero-order valence-electron chi connectivity index (χ0n) is 20.6. The van der Waals surface area contributed by atoms with Gasteiger partial charge in [0, 0.05) is 23.6 Å². The molecule has 2 aromatic carbocycles. The van der Waals surface area contributed by atoms with Gasteiger partial charge >= 0.3 is 0 Å². The Morgan fingerprint density at radius 2 is 1.86 bits per heavy atom. The van der Waals surface area contributed by atoms with E-state index in [0.29, 0.717) is 21.7 Å². The number of aryl methyl sites for hydroxylation is 1. The third-order valence-electron chi connectivity index (χ3n) is 5.53. The molecule has 0 unspecified atom stereocenters. The SMILES string of the molecule is Cc1cccc(C(=O)N[C@@H](c2nnc(SCC(=O)Nc3nc(-c4ccccc4)cs3)n2C)C(C)C)c1. The molecule has 2 amide bonds. The number of anilines is 1. The van der Waals surface area contributed by atoms with Gasteiger partial charge in [-0.25, -0.2) is 4.98 Å². The molecular formula is C26H28N6O2S2. The number of hydrogen-bond donors (Lipinski definition) is 2. The number of nitrogens with one attached hydrogen (secondary N) is 2. The van der Waals surface area contributed by atoms with Crippen molar-refractivity contribution in [1.82, 2.24) is 25.1 Å². The Balaban J connectivity index is 1.38. The summed E-state index contributed by atoms with van der Waals surface area (Å²) in [5, 5.41) is 17.6. The molecule has 2 aromatic heterocycles. The number of carbonyl (C=O) groups is 2. The first kappa shape index (κ1) is 25.6. The lowest BCUT2D eigenvalue weighted by Gasteiger charge is -2.21. The Labute approximate surface area is 218 Å². The molecule has 0 spiro atoms. The van der Waals surface area contributed by atoms with E-state index >= 15 is 0 Å². The van der Waals surface area contributed by atoms with Gasteiger partial charge < -0.3 is 15.2 Å². The van der Waals surface area contributed by atoms with Gasteiger partial charge in [-0.1, -0.05) is 73.6 Å². The molecule has 0 saturated heterocycles. The molecule has 2 N–H and O–H groups in total. The van der Waals surface area contributed by atoms with Gasteiger partial charge in [-0.3, -0.25) is 9.59 Å². The van der Waals surface area contributed by atoms with E-state index in [1.165, 1.54) is 23.1 Å². The van der Waals surface area contributed by atoms with Crippen molar-refractivity contribution in [3.63, 3.8) is 0 Å². The zero-order valence-corrected chi connectivity index (χ0v) is 22.2. The van der Waals surface area contributed by atoms with Crippen LogP contribution in [0.4, 0.5) is 5.13 Å². The highest BCUT2D eigenvalue weighted by Crippen LogP contribution is 2.26. The summed E-state index contributed by atoms with van der Waals surface area (Å²) in [7, 11) is 1.84. The van der Waals surface area contributed by atoms with E-state index in [2.05, 4.69) is 25.8 Å². The number of thiazole rings is 1. The summed E-state index contributed by atoms with van der Waals surface area (Å²) in [5.41, 5.74) is 3.46. The van der Waals surface area contributed by atoms with Crippen LogP contribution in [0.25, 0.3) is 11.3 Å². The molecule has 4 aromatic rings. The van der Waals surface area contributed by atoms with Gasteiger partial charge in [0.05, 0.1) is 17.5 Å². The first-order chi connectivity index (χ1) is 17.3. The van der Waals surface area contributed by atoms with E-state index in [-0.39, 0.29) is 29.5 Å². The number of thioether (sulfide) groups is 1. The number of hydrogen-bond acceptors (Lipinski definition) is 7. The van der Waals surface area contributed by atoms with Crippen molar-refractivity contribution in [3.8, 4) is 11.3 Å². The van der Waals surface area contributed by atoms with Gasteiger partial charge in [-0.05, 0) is 25.0 Å². The van der Waals surface area contributed by atoms with Crippen LogP contribution in [0.5, 0.6) is 0 Å². The van der Waals surface area contributed by atoms with Crippen LogP contribution in [-0.2, 0) is 11.8 Å². The van der Waals surface area contributed by atoms with Crippen LogP contribution in [0.15, 0.2) is 65.1 Å². The molecule has 186 valence electrons. The fourth-order valence-corrected chi connectivity index (χ4v) is 5.07. The number of amides is 2. The average molecular weight is 521 g/mol. The van der Waals surface area contributed by atoms with Crippen LogP contribution in [0.2, 0.25) is 0 Å². The monoisotopic (exact) mass is 520 g/mol. The van der Waals surface area contributed by atoms with Crippen molar-refractivity contribution in [2.24, 2.45) is 13.0 Å². The molecule has 0 aliphatic heterocycles. The molecule has 0 aliphatic rings. The number of aromatic nitrogens is 4. The first-order valence-corrected chi connectivity index (χ1v) is 13.4. The molecular weight excluding hydrogens is 492 g/mol. The summed E-state index contributed by atoms with van der Waals surface area (Å²) in [4.78, 5) is 29.9. The molecule has 10 heteroatoms. The molecule has 2 heterocycles. The van der Waals surface area contributed by atoms with Crippen LogP contribution in [0.3, 0.4) is 0 Å². The Morgan fingerprint density at radius 1 is 1.08 bits per heavy atom. The van der Waals surface area contributed by atoms with E-state index < -0.39 is 0 Å². The Bertz CT molecular complexity index is 1350. The first-order valence-electron chi connectivity index (χ1n) is 11.5. The van der Waals surface area contributed by atoms with Crippen molar-refractivity contribution in [1.29, 1.82) is 0 Å². The van der Waals surface area contributed by atoms with Gasteiger partial charge in [0.15, 0.2) is 16.1 Å². The highest BCUT2D eigenvalue weighted by Gasteiger charge is 2.25.